The maximum Gasteiger partial charge on any atom is 0.253 e. The van der Waals surface area contributed by atoms with E-state index in [2.05, 4.69) is 33.0 Å². The van der Waals surface area contributed by atoms with Crippen LogP contribution in [0.3, 0.4) is 0 Å². The lowest BCUT2D eigenvalue weighted by molar-refractivity contribution is 0.0925. The van der Waals surface area contributed by atoms with E-state index in [-0.39, 0.29) is 11.3 Å². The number of anilines is 1. The Hall–Kier alpha value is -1.51. The zero-order valence-electron chi connectivity index (χ0n) is 11.1. The van der Waals surface area contributed by atoms with Crippen LogP contribution >= 0.6 is 0 Å². The predicted molar refractivity (Wildman–Crippen MR) is 71.8 cm³/mol. The average Bonchev–Trinajstić information content (AvgIpc) is 2.26. The second-order valence-corrected chi connectivity index (χ2v) is 5.41. The van der Waals surface area contributed by atoms with Crippen LogP contribution in [0.5, 0.6) is 0 Å². The molecule has 0 unspecified atom stereocenters. The van der Waals surface area contributed by atoms with Crippen LogP contribution in [0.1, 0.15) is 38.1 Å². The van der Waals surface area contributed by atoms with Crippen LogP contribution in [0, 0.1) is 11.3 Å². The molecule has 3 heteroatoms. The number of nitrogens with two attached hydrogens (primary N) is 1. The Balaban J connectivity index is 2.66. The highest BCUT2D eigenvalue weighted by Crippen LogP contribution is 2.24. The zero-order valence-corrected chi connectivity index (χ0v) is 11.1. The fraction of sp³-hybridized carbons (Fsp3) is 0.500. The van der Waals surface area contributed by atoms with E-state index in [1.54, 1.807) is 12.1 Å². The fourth-order valence-electron chi connectivity index (χ4n) is 1.31. The van der Waals surface area contributed by atoms with E-state index in [0.29, 0.717) is 23.7 Å². The molecule has 1 amide bonds. The van der Waals surface area contributed by atoms with Crippen LogP contribution in [0.15, 0.2) is 24.3 Å². The minimum Gasteiger partial charge on any atom is -0.398 e. The van der Waals surface area contributed by atoms with Crippen LogP contribution in [-0.4, -0.2) is 12.5 Å². The van der Waals surface area contributed by atoms with Crippen molar-refractivity contribution in [2.75, 3.05) is 12.3 Å². The van der Waals surface area contributed by atoms with Gasteiger partial charge in [0.25, 0.3) is 5.91 Å². The largest absolute Gasteiger partial charge is 0.398 e. The molecule has 1 aromatic carbocycles. The molecule has 17 heavy (non-hydrogen) atoms. The van der Waals surface area contributed by atoms with Crippen molar-refractivity contribution in [1.29, 1.82) is 0 Å². The quantitative estimate of drug-likeness (QED) is 0.787. The van der Waals surface area contributed by atoms with Crippen molar-refractivity contribution in [2.24, 2.45) is 11.3 Å². The highest BCUT2D eigenvalue weighted by molar-refractivity contribution is 5.99. The van der Waals surface area contributed by atoms with Gasteiger partial charge in [-0.05, 0) is 23.5 Å². The van der Waals surface area contributed by atoms with Crippen molar-refractivity contribution in [3.05, 3.63) is 29.8 Å². The number of hydrogen-bond acceptors (Lipinski definition) is 2. The molecule has 0 saturated carbocycles. The molecule has 0 atom stereocenters. The summed E-state index contributed by atoms with van der Waals surface area (Å²) in [6, 6.07) is 7.12. The van der Waals surface area contributed by atoms with Gasteiger partial charge in [-0.3, -0.25) is 4.79 Å². The van der Waals surface area contributed by atoms with Crippen molar-refractivity contribution in [1.82, 2.24) is 5.32 Å². The Labute approximate surface area is 103 Å². The molecule has 3 N–H and O–H groups in total. The first-order valence-electron chi connectivity index (χ1n) is 5.97. The highest BCUT2D eigenvalue weighted by atomic mass is 16.1. The fourth-order valence-corrected chi connectivity index (χ4v) is 1.31. The minimum absolute atomic E-state index is 0.0825. The Morgan fingerprint density at radius 2 is 1.94 bits per heavy atom. The zero-order chi connectivity index (χ0) is 13.1. The van der Waals surface area contributed by atoms with Crippen LogP contribution in [0.4, 0.5) is 5.69 Å². The molecule has 94 valence electrons. The van der Waals surface area contributed by atoms with Crippen LogP contribution in [0.2, 0.25) is 0 Å². The third-order valence-electron chi connectivity index (χ3n) is 3.47. The molecule has 0 heterocycles. The Kier molecular flexibility index (Phi) is 4.16. The van der Waals surface area contributed by atoms with Gasteiger partial charge in [-0.25, -0.2) is 0 Å². The number of rotatable bonds is 4. The summed E-state index contributed by atoms with van der Waals surface area (Å²) in [7, 11) is 0. The third kappa shape index (κ3) is 3.48. The van der Waals surface area contributed by atoms with Gasteiger partial charge in [0.1, 0.15) is 0 Å². The van der Waals surface area contributed by atoms with Crippen LogP contribution in [0.25, 0.3) is 0 Å². The molecular weight excluding hydrogens is 212 g/mol. The molecule has 0 aromatic heterocycles. The van der Waals surface area contributed by atoms with Gasteiger partial charge in [-0.1, -0.05) is 39.8 Å². The second-order valence-electron chi connectivity index (χ2n) is 5.41. The van der Waals surface area contributed by atoms with Crippen molar-refractivity contribution in [2.45, 2.75) is 27.7 Å². The normalized spacial score (nSPS) is 11.6. The molecule has 0 fully saturated rings. The van der Waals surface area contributed by atoms with Gasteiger partial charge >= 0.3 is 0 Å². The topological polar surface area (TPSA) is 55.1 Å². The van der Waals surface area contributed by atoms with Crippen molar-refractivity contribution in [3.63, 3.8) is 0 Å². The summed E-state index contributed by atoms with van der Waals surface area (Å²) >= 11 is 0. The van der Waals surface area contributed by atoms with Crippen LogP contribution in [-0.2, 0) is 0 Å². The lowest BCUT2D eigenvalue weighted by Gasteiger charge is -2.29. The lowest BCUT2D eigenvalue weighted by atomic mass is 9.81. The summed E-state index contributed by atoms with van der Waals surface area (Å²) < 4.78 is 0. The van der Waals surface area contributed by atoms with Crippen molar-refractivity contribution in [3.8, 4) is 0 Å². The second kappa shape index (κ2) is 5.21. The number of carbonyl (C=O) groups is 1. The monoisotopic (exact) mass is 234 g/mol. The molecule has 0 aliphatic heterocycles. The predicted octanol–water partition coefficient (Wildman–Crippen LogP) is 2.68. The van der Waals surface area contributed by atoms with Crippen LogP contribution < -0.4 is 11.1 Å². The highest BCUT2D eigenvalue weighted by Gasteiger charge is 2.23. The van der Waals surface area contributed by atoms with Gasteiger partial charge < -0.3 is 11.1 Å². The molecule has 0 saturated heterocycles. The molecule has 3 nitrogen and oxygen atoms in total. The molecule has 0 bridgehead atoms. The molecular formula is C14H22N2O. The maximum absolute atomic E-state index is 11.9. The SMILES string of the molecule is CC(C)C(C)(C)CNC(=O)c1ccccc1N. The van der Waals surface area contributed by atoms with Crippen molar-refractivity contribution >= 4 is 11.6 Å². The molecule has 0 aliphatic carbocycles. The number of hydrogen-bond donors (Lipinski definition) is 2. The standard InChI is InChI=1S/C14H22N2O/c1-10(2)14(3,4)9-16-13(17)11-7-5-6-8-12(11)15/h5-8,10H,9,15H2,1-4H3,(H,16,17). The molecule has 0 aliphatic rings. The number of nitrogen functional groups attached to an aromatic ring is 1. The number of carbonyl (C=O) groups excluding carboxylic acids is 1. The first-order chi connectivity index (χ1) is 7.84. The Morgan fingerprint density at radius 3 is 2.47 bits per heavy atom. The van der Waals surface area contributed by atoms with Gasteiger partial charge in [0.2, 0.25) is 0 Å². The smallest absolute Gasteiger partial charge is 0.253 e. The van der Waals surface area contributed by atoms with Gasteiger partial charge in [-0.15, -0.1) is 0 Å². The van der Waals surface area contributed by atoms with Gasteiger partial charge in [0, 0.05) is 12.2 Å². The third-order valence-corrected chi connectivity index (χ3v) is 3.47. The average molecular weight is 234 g/mol. The van der Waals surface area contributed by atoms with E-state index in [1.807, 2.05) is 12.1 Å². The summed E-state index contributed by atoms with van der Waals surface area (Å²) in [6.45, 7) is 9.25. The van der Waals surface area contributed by atoms with E-state index in [1.165, 1.54) is 0 Å². The number of nitrogens with one attached hydrogen (secondary N) is 1. The molecule has 1 aromatic rings. The summed E-state index contributed by atoms with van der Waals surface area (Å²) in [5, 5.41) is 2.94. The minimum atomic E-state index is -0.100. The first-order valence-corrected chi connectivity index (χ1v) is 5.97. The van der Waals surface area contributed by atoms with E-state index < -0.39 is 0 Å². The number of para-hydroxylation sites is 1. The first kappa shape index (κ1) is 13.6. The number of benzene rings is 1. The van der Waals surface area contributed by atoms with E-state index in [9.17, 15) is 4.79 Å². The molecule has 1 rings (SSSR count). The molecule has 0 spiro atoms. The summed E-state index contributed by atoms with van der Waals surface area (Å²) in [4.78, 5) is 11.9. The summed E-state index contributed by atoms with van der Waals surface area (Å²) in [5.74, 6) is 0.410. The Bertz CT molecular complexity index is 397. The van der Waals surface area contributed by atoms with E-state index in [0.717, 1.165) is 0 Å². The lowest BCUT2D eigenvalue weighted by Crippen LogP contribution is -2.37. The van der Waals surface area contributed by atoms with Gasteiger partial charge in [0.05, 0.1) is 5.56 Å². The van der Waals surface area contributed by atoms with Gasteiger partial charge in [-0.2, -0.15) is 0 Å². The van der Waals surface area contributed by atoms with E-state index >= 15 is 0 Å². The maximum atomic E-state index is 11.9. The molecule has 0 radical (unpaired) electrons. The van der Waals surface area contributed by atoms with Crippen molar-refractivity contribution < 1.29 is 4.79 Å². The van der Waals surface area contributed by atoms with E-state index in [4.69, 9.17) is 5.73 Å². The Morgan fingerprint density at radius 1 is 1.35 bits per heavy atom. The number of amides is 1. The summed E-state index contributed by atoms with van der Waals surface area (Å²) in [5.41, 5.74) is 6.91. The summed E-state index contributed by atoms with van der Waals surface area (Å²) in [6.07, 6.45) is 0. The van der Waals surface area contributed by atoms with Gasteiger partial charge in [0.15, 0.2) is 0 Å².